The van der Waals surface area contributed by atoms with Gasteiger partial charge in [0.05, 0.1) is 12.8 Å². The molecular weight excluding hydrogens is 483 g/mol. The summed E-state index contributed by atoms with van der Waals surface area (Å²) in [5.41, 5.74) is 0. The second-order valence-corrected chi connectivity index (χ2v) is 6.64. The summed E-state index contributed by atoms with van der Waals surface area (Å²) in [6.07, 6.45) is 3.64. The second kappa shape index (κ2) is 12.4. The number of para-hydroxylation sites is 1. The van der Waals surface area contributed by atoms with Gasteiger partial charge in [0.15, 0.2) is 5.96 Å². The maximum Gasteiger partial charge on any atom is 0.242 e. The van der Waals surface area contributed by atoms with Crippen molar-refractivity contribution in [3.63, 3.8) is 0 Å². The number of furan rings is 1. The fraction of sp³-hybridized carbons (Fsp3) is 0.429. The van der Waals surface area contributed by atoms with Crippen LogP contribution in [0.15, 0.2) is 58.1 Å². The Kier molecular flexibility index (Phi) is 9.82. The van der Waals surface area contributed by atoms with Gasteiger partial charge in [0.2, 0.25) is 5.91 Å². The van der Waals surface area contributed by atoms with Gasteiger partial charge in [-0.3, -0.25) is 4.79 Å². The zero-order chi connectivity index (χ0) is 19.6. The van der Waals surface area contributed by atoms with Crippen molar-refractivity contribution in [2.45, 2.75) is 32.4 Å². The molecule has 1 fully saturated rings. The van der Waals surface area contributed by atoms with E-state index in [1.54, 1.807) is 12.3 Å². The molecule has 0 atom stereocenters. The van der Waals surface area contributed by atoms with Crippen LogP contribution in [-0.4, -0.2) is 49.0 Å². The first-order valence-corrected chi connectivity index (χ1v) is 9.78. The van der Waals surface area contributed by atoms with Crippen LogP contribution in [0.1, 0.15) is 25.5 Å². The number of ether oxygens (including phenoxy) is 1. The summed E-state index contributed by atoms with van der Waals surface area (Å²) in [5.74, 6) is 2.28. The van der Waals surface area contributed by atoms with Gasteiger partial charge in [-0.2, -0.15) is 0 Å². The third kappa shape index (κ3) is 7.60. The van der Waals surface area contributed by atoms with Crippen LogP contribution in [0.2, 0.25) is 0 Å². The van der Waals surface area contributed by atoms with Gasteiger partial charge < -0.3 is 24.7 Å². The number of aliphatic imine (C=N–C) groups is 1. The van der Waals surface area contributed by atoms with Gasteiger partial charge in [0, 0.05) is 32.5 Å². The molecule has 2 heterocycles. The summed E-state index contributed by atoms with van der Waals surface area (Å²) in [7, 11) is 0. The van der Waals surface area contributed by atoms with Crippen molar-refractivity contribution in [2.75, 3.05) is 26.2 Å². The van der Waals surface area contributed by atoms with Crippen molar-refractivity contribution < 1.29 is 13.9 Å². The lowest BCUT2D eigenvalue weighted by Crippen LogP contribution is -2.47. The van der Waals surface area contributed by atoms with Gasteiger partial charge in [-0.1, -0.05) is 18.2 Å². The van der Waals surface area contributed by atoms with Crippen LogP contribution in [-0.2, 0) is 11.3 Å². The summed E-state index contributed by atoms with van der Waals surface area (Å²) in [4.78, 5) is 18.7. The molecule has 0 radical (unpaired) electrons. The molecule has 2 N–H and O–H groups in total. The first-order chi connectivity index (χ1) is 13.7. The summed E-state index contributed by atoms with van der Waals surface area (Å²) in [5, 5.41) is 6.09. The zero-order valence-corrected chi connectivity index (χ0v) is 19.0. The van der Waals surface area contributed by atoms with Gasteiger partial charge in [-0.05, 0) is 31.2 Å². The monoisotopic (exact) mass is 512 g/mol. The Morgan fingerprint density at radius 2 is 1.93 bits per heavy atom. The topological polar surface area (TPSA) is 79.1 Å². The van der Waals surface area contributed by atoms with E-state index in [9.17, 15) is 4.79 Å². The van der Waals surface area contributed by atoms with Crippen molar-refractivity contribution >= 4 is 35.8 Å². The fourth-order valence-electron chi connectivity index (χ4n) is 3.10. The van der Waals surface area contributed by atoms with Gasteiger partial charge in [0.25, 0.3) is 0 Å². The number of nitrogens with one attached hydrogen (secondary N) is 2. The standard InChI is InChI=1S/C21H28N4O3.HI/c1-2-22-21(24-16-20(26)23-15-19-9-6-14-27-19)25-12-10-18(11-13-25)28-17-7-4-3-5-8-17;/h3-9,14,18H,2,10-13,15-16H2,1H3,(H,22,24)(H,23,26);1H. The molecule has 1 aliphatic rings. The molecule has 158 valence electrons. The minimum absolute atomic E-state index is 0. The van der Waals surface area contributed by atoms with Crippen LogP contribution < -0.4 is 15.4 Å². The maximum absolute atomic E-state index is 12.1. The summed E-state index contributed by atoms with van der Waals surface area (Å²) < 4.78 is 11.3. The van der Waals surface area contributed by atoms with Crippen LogP contribution in [0.3, 0.4) is 0 Å². The van der Waals surface area contributed by atoms with Crippen molar-refractivity contribution in [2.24, 2.45) is 4.99 Å². The van der Waals surface area contributed by atoms with E-state index in [-0.39, 0.29) is 42.5 Å². The highest BCUT2D eigenvalue weighted by atomic mass is 127. The highest BCUT2D eigenvalue weighted by Gasteiger charge is 2.22. The first-order valence-electron chi connectivity index (χ1n) is 9.78. The minimum atomic E-state index is -0.130. The number of nitrogens with zero attached hydrogens (tertiary/aromatic N) is 2. The molecule has 0 aliphatic carbocycles. The number of carbonyl (C=O) groups is 1. The molecule has 0 unspecified atom stereocenters. The quantitative estimate of drug-likeness (QED) is 0.339. The molecule has 1 aliphatic heterocycles. The molecule has 1 saturated heterocycles. The number of rotatable bonds is 7. The number of hydrogen-bond donors (Lipinski definition) is 2. The van der Waals surface area contributed by atoms with Crippen LogP contribution in [0, 0.1) is 0 Å². The van der Waals surface area contributed by atoms with E-state index >= 15 is 0 Å². The summed E-state index contributed by atoms with van der Waals surface area (Å²) >= 11 is 0. The molecule has 2 aromatic rings. The smallest absolute Gasteiger partial charge is 0.242 e. The zero-order valence-electron chi connectivity index (χ0n) is 16.7. The number of halogens is 1. The molecule has 1 aromatic carbocycles. The highest BCUT2D eigenvalue weighted by molar-refractivity contribution is 14.0. The van der Waals surface area contributed by atoms with Gasteiger partial charge in [-0.25, -0.2) is 4.99 Å². The molecule has 1 aromatic heterocycles. The lowest BCUT2D eigenvalue weighted by molar-refractivity contribution is -0.119. The Balaban J connectivity index is 0.00000300. The van der Waals surface area contributed by atoms with E-state index in [1.807, 2.05) is 43.3 Å². The minimum Gasteiger partial charge on any atom is -0.490 e. The fourth-order valence-corrected chi connectivity index (χ4v) is 3.10. The lowest BCUT2D eigenvalue weighted by Gasteiger charge is -2.34. The number of amides is 1. The number of hydrogen-bond acceptors (Lipinski definition) is 4. The van der Waals surface area contributed by atoms with Crippen LogP contribution >= 0.6 is 24.0 Å². The van der Waals surface area contributed by atoms with Crippen molar-refractivity contribution in [3.8, 4) is 5.75 Å². The Bertz CT molecular complexity index is 745. The maximum atomic E-state index is 12.1. The average molecular weight is 512 g/mol. The number of benzene rings is 1. The lowest BCUT2D eigenvalue weighted by atomic mass is 10.1. The number of piperidine rings is 1. The Hall–Kier alpha value is -2.23. The summed E-state index contributed by atoms with van der Waals surface area (Å²) in [6.45, 7) is 4.93. The largest absolute Gasteiger partial charge is 0.490 e. The first kappa shape index (κ1) is 23.1. The van der Waals surface area contributed by atoms with Crippen molar-refractivity contribution in [1.29, 1.82) is 0 Å². The molecule has 0 bridgehead atoms. The van der Waals surface area contributed by atoms with E-state index in [1.165, 1.54) is 0 Å². The van der Waals surface area contributed by atoms with Crippen LogP contribution in [0.25, 0.3) is 0 Å². The second-order valence-electron chi connectivity index (χ2n) is 6.64. The number of likely N-dealkylation sites (tertiary alicyclic amines) is 1. The van der Waals surface area contributed by atoms with Crippen molar-refractivity contribution in [1.82, 2.24) is 15.5 Å². The van der Waals surface area contributed by atoms with Gasteiger partial charge in [0.1, 0.15) is 24.2 Å². The highest BCUT2D eigenvalue weighted by Crippen LogP contribution is 2.18. The van der Waals surface area contributed by atoms with Crippen LogP contribution in [0.4, 0.5) is 0 Å². The molecule has 1 amide bonds. The van der Waals surface area contributed by atoms with E-state index in [4.69, 9.17) is 9.15 Å². The number of carbonyl (C=O) groups excluding carboxylic acids is 1. The number of guanidine groups is 1. The normalized spacial score (nSPS) is 14.8. The SMILES string of the molecule is CCNC(=NCC(=O)NCc1ccco1)N1CCC(Oc2ccccc2)CC1.I. The molecule has 8 heteroatoms. The van der Waals surface area contributed by atoms with E-state index in [0.717, 1.165) is 49.9 Å². The van der Waals surface area contributed by atoms with Crippen molar-refractivity contribution in [3.05, 3.63) is 54.5 Å². The third-order valence-electron chi connectivity index (χ3n) is 4.53. The van der Waals surface area contributed by atoms with E-state index in [0.29, 0.717) is 6.54 Å². The predicted octanol–water partition coefficient (Wildman–Crippen LogP) is 3.02. The van der Waals surface area contributed by atoms with E-state index < -0.39 is 0 Å². The molecule has 29 heavy (non-hydrogen) atoms. The third-order valence-corrected chi connectivity index (χ3v) is 4.53. The van der Waals surface area contributed by atoms with Crippen LogP contribution in [0.5, 0.6) is 5.75 Å². The Morgan fingerprint density at radius 1 is 1.17 bits per heavy atom. The summed E-state index contributed by atoms with van der Waals surface area (Å²) in [6, 6.07) is 13.6. The Morgan fingerprint density at radius 3 is 2.59 bits per heavy atom. The van der Waals surface area contributed by atoms with Gasteiger partial charge in [-0.15, -0.1) is 24.0 Å². The Labute approximate surface area is 188 Å². The predicted molar refractivity (Wildman–Crippen MR) is 124 cm³/mol. The molecule has 0 saturated carbocycles. The molecular formula is C21H29IN4O3. The molecule has 7 nitrogen and oxygen atoms in total. The molecule has 3 rings (SSSR count). The van der Waals surface area contributed by atoms with E-state index in [2.05, 4.69) is 20.5 Å². The van der Waals surface area contributed by atoms with Gasteiger partial charge >= 0.3 is 0 Å². The molecule has 0 spiro atoms. The average Bonchev–Trinajstić information content (AvgIpc) is 3.25.